The molecule has 2 aromatic heterocycles. The Labute approximate surface area is 234 Å². The second kappa shape index (κ2) is 10.4. The summed E-state index contributed by atoms with van der Waals surface area (Å²) in [5.41, 5.74) is 8.09. The van der Waals surface area contributed by atoms with Gasteiger partial charge in [-0.3, -0.25) is 4.98 Å². The fourth-order valence-electron chi connectivity index (χ4n) is 5.85. The summed E-state index contributed by atoms with van der Waals surface area (Å²) in [5, 5.41) is 4.12. The summed E-state index contributed by atoms with van der Waals surface area (Å²) in [6.45, 7) is 9.42. The topological polar surface area (TPSA) is 45.6 Å². The number of hydrogen-bond acceptors (Lipinski definition) is 4. The van der Waals surface area contributed by atoms with Gasteiger partial charge < -0.3 is 24.4 Å². The molecule has 1 N–H and O–H groups in total. The first-order valence-corrected chi connectivity index (χ1v) is 13.7. The molecule has 2 aliphatic rings. The third kappa shape index (κ3) is 4.68. The monoisotopic (exact) mass is 541 g/mol. The van der Waals surface area contributed by atoms with Gasteiger partial charge in [-0.25, -0.2) is 4.39 Å². The van der Waals surface area contributed by atoms with Gasteiger partial charge in [-0.1, -0.05) is 6.07 Å². The van der Waals surface area contributed by atoms with Crippen molar-refractivity contribution in [3.8, 4) is 5.69 Å². The van der Waals surface area contributed by atoms with Gasteiger partial charge in [-0.05, 0) is 105 Å². The van der Waals surface area contributed by atoms with Crippen LogP contribution in [0.5, 0.6) is 0 Å². The van der Waals surface area contributed by atoms with E-state index in [9.17, 15) is 4.39 Å². The van der Waals surface area contributed by atoms with E-state index in [1.54, 1.807) is 19.2 Å². The van der Waals surface area contributed by atoms with E-state index < -0.39 is 0 Å². The first-order valence-electron chi connectivity index (χ1n) is 13.3. The van der Waals surface area contributed by atoms with E-state index in [0.717, 1.165) is 60.3 Å². The van der Waals surface area contributed by atoms with Crippen molar-refractivity contribution in [3.05, 3.63) is 107 Å². The van der Waals surface area contributed by atoms with E-state index in [0.29, 0.717) is 10.7 Å². The minimum Gasteiger partial charge on any atom is -0.378 e. The summed E-state index contributed by atoms with van der Waals surface area (Å²) < 4.78 is 22.0. The number of aryl methyl sites for hydroxylation is 2. The summed E-state index contributed by atoms with van der Waals surface area (Å²) >= 11 is 5.88. The fourth-order valence-corrected chi connectivity index (χ4v) is 6.19. The zero-order chi connectivity index (χ0) is 27.1. The number of morpholine rings is 1. The van der Waals surface area contributed by atoms with Gasteiger partial charge >= 0.3 is 0 Å². The van der Waals surface area contributed by atoms with Crippen molar-refractivity contribution >= 4 is 28.7 Å². The number of hydrogen-bond donors (Lipinski definition) is 1. The quantitative estimate of drug-likeness (QED) is 0.315. The lowest BCUT2D eigenvalue weighted by Gasteiger charge is -2.29. The van der Waals surface area contributed by atoms with Crippen molar-refractivity contribution in [2.75, 3.05) is 36.1 Å². The zero-order valence-electron chi connectivity index (χ0n) is 22.4. The maximum Gasteiger partial charge on any atom is 0.174 e. The number of thiocarbonyl (C=S) groups is 1. The van der Waals surface area contributed by atoms with Crippen LogP contribution in [0.4, 0.5) is 15.8 Å². The number of anilines is 2. The smallest absolute Gasteiger partial charge is 0.174 e. The highest BCUT2D eigenvalue weighted by molar-refractivity contribution is 7.80. The molecule has 0 aliphatic carbocycles. The number of halogens is 1. The Bertz CT molecular complexity index is 1500. The Morgan fingerprint density at radius 1 is 0.923 bits per heavy atom. The molecule has 2 aliphatic heterocycles. The van der Waals surface area contributed by atoms with Crippen LogP contribution in [0.25, 0.3) is 5.69 Å². The van der Waals surface area contributed by atoms with Crippen molar-refractivity contribution in [2.24, 2.45) is 0 Å². The molecule has 2 atom stereocenters. The van der Waals surface area contributed by atoms with E-state index in [1.807, 2.05) is 24.3 Å². The molecule has 2 fully saturated rings. The summed E-state index contributed by atoms with van der Waals surface area (Å²) in [7, 11) is 0. The van der Waals surface area contributed by atoms with Crippen molar-refractivity contribution in [2.45, 2.75) is 32.9 Å². The van der Waals surface area contributed by atoms with Gasteiger partial charge in [0.2, 0.25) is 0 Å². The molecule has 0 amide bonds. The second-order valence-corrected chi connectivity index (χ2v) is 10.6. The first kappa shape index (κ1) is 25.5. The summed E-state index contributed by atoms with van der Waals surface area (Å²) in [4.78, 5) is 9.14. The molecule has 0 bridgehead atoms. The van der Waals surface area contributed by atoms with Crippen LogP contribution in [-0.2, 0) is 4.74 Å². The number of rotatable bonds is 5. The molecule has 6 rings (SSSR count). The highest BCUT2D eigenvalue weighted by Crippen LogP contribution is 2.44. The molecule has 200 valence electrons. The van der Waals surface area contributed by atoms with Crippen LogP contribution in [-0.4, -0.2) is 41.0 Å². The molecule has 0 saturated carbocycles. The van der Waals surface area contributed by atoms with Crippen LogP contribution in [0.3, 0.4) is 0 Å². The average molecular weight is 542 g/mol. The highest BCUT2D eigenvalue weighted by atomic mass is 32.1. The van der Waals surface area contributed by atoms with Crippen molar-refractivity contribution in [1.82, 2.24) is 14.9 Å². The zero-order valence-corrected chi connectivity index (χ0v) is 23.2. The Morgan fingerprint density at radius 3 is 2.33 bits per heavy atom. The molecule has 39 heavy (non-hydrogen) atoms. The second-order valence-electron chi connectivity index (χ2n) is 10.2. The van der Waals surface area contributed by atoms with E-state index in [4.69, 9.17) is 17.0 Å². The number of aromatic nitrogens is 2. The molecule has 0 spiro atoms. The molecular weight excluding hydrogens is 509 g/mol. The molecule has 8 heteroatoms. The van der Waals surface area contributed by atoms with Crippen LogP contribution in [0.15, 0.2) is 72.9 Å². The highest BCUT2D eigenvalue weighted by Gasteiger charge is 2.42. The molecule has 2 aromatic carbocycles. The Morgan fingerprint density at radius 2 is 1.64 bits per heavy atom. The van der Waals surface area contributed by atoms with E-state index >= 15 is 0 Å². The SMILES string of the molecule is Cc1cc(N2C(=S)N[C@H](c3ccccn3)[C@H]2c2cc(C)n(-c3ccc(N4CCOCC4)cc3)c2C)ccc1F. The Balaban J connectivity index is 1.42. The predicted octanol–water partition coefficient (Wildman–Crippen LogP) is 5.95. The predicted molar refractivity (Wildman–Crippen MR) is 157 cm³/mol. The van der Waals surface area contributed by atoms with Gasteiger partial charge in [0.1, 0.15) is 5.82 Å². The molecule has 0 radical (unpaired) electrons. The largest absolute Gasteiger partial charge is 0.378 e. The third-order valence-electron chi connectivity index (χ3n) is 7.79. The first-order chi connectivity index (χ1) is 18.9. The maximum atomic E-state index is 14.2. The third-order valence-corrected chi connectivity index (χ3v) is 8.11. The lowest BCUT2D eigenvalue weighted by Crippen LogP contribution is -2.36. The molecular formula is C31H32FN5OS. The molecule has 4 aromatic rings. The van der Waals surface area contributed by atoms with Gasteiger partial charge in [-0.2, -0.15) is 0 Å². The van der Waals surface area contributed by atoms with E-state index in [2.05, 4.69) is 68.8 Å². The average Bonchev–Trinajstić information content (AvgIpc) is 3.46. The minimum atomic E-state index is -0.228. The molecule has 0 unspecified atom stereocenters. The van der Waals surface area contributed by atoms with Gasteiger partial charge in [0, 0.05) is 47.7 Å². The number of benzene rings is 2. The number of nitrogens with one attached hydrogen (secondary N) is 1. The molecule has 4 heterocycles. The van der Waals surface area contributed by atoms with Crippen LogP contribution >= 0.6 is 12.2 Å². The van der Waals surface area contributed by atoms with Crippen LogP contribution < -0.4 is 15.1 Å². The van der Waals surface area contributed by atoms with Gasteiger partial charge in [0.05, 0.1) is 31.0 Å². The Hall–Kier alpha value is -3.75. The Kier molecular flexibility index (Phi) is 6.83. The fraction of sp³-hybridized carbons (Fsp3) is 0.290. The number of ether oxygens (including phenoxy) is 1. The summed E-state index contributed by atoms with van der Waals surface area (Å²) in [6.07, 6.45) is 1.81. The van der Waals surface area contributed by atoms with Crippen molar-refractivity contribution in [3.63, 3.8) is 0 Å². The lowest BCUT2D eigenvalue weighted by atomic mass is 9.96. The van der Waals surface area contributed by atoms with Crippen LogP contribution in [0.2, 0.25) is 0 Å². The van der Waals surface area contributed by atoms with Gasteiger partial charge in [0.15, 0.2) is 5.11 Å². The van der Waals surface area contributed by atoms with Crippen LogP contribution in [0.1, 0.15) is 40.3 Å². The normalized spacial score (nSPS) is 19.4. The lowest BCUT2D eigenvalue weighted by molar-refractivity contribution is 0.122. The van der Waals surface area contributed by atoms with Crippen LogP contribution in [0, 0.1) is 26.6 Å². The van der Waals surface area contributed by atoms with Gasteiger partial charge in [-0.15, -0.1) is 0 Å². The van der Waals surface area contributed by atoms with E-state index in [1.165, 1.54) is 11.8 Å². The standard InChI is InChI=1S/C31H32FN5OS/c1-20-18-25(11-12-27(20)32)37-30(29(34-31(37)39)28-6-4-5-13-33-28)26-19-21(2)36(22(26)3)24-9-7-23(8-10-24)35-14-16-38-17-15-35/h4-13,18-19,29-30H,14-17H2,1-3H3,(H,34,39)/t29-,30-/m1/s1. The molecule has 6 nitrogen and oxygen atoms in total. The van der Waals surface area contributed by atoms with Gasteiger partial charge in [0.25, 0.3) is 0 Å². The maximum absolute atomic E-state index is 14.2. The number of pyridine rings is 1. The number of nitrogens with zero attached hydrogens (tertiary/aromatic N) is 4. The summed E-state index contributed by atoms with van der Waals surface area (Å²) in [6, 6.07) is 21.8. The van der Waals surface area contributed by atoms with E-state index in [-0.39, 0.29) is 17.9 Å². The summed E-state index contributed by atoms with van der Waals surface area (Å²) in [5.74, 6) is -0.228. The van der Waals surface area contributed by atoms with Crippen molar-refractivity contribution in [1.29, 1.82) is 0 Å². The molecule has 2 saturated heterocycles. The van der Waals surface area contributed by atoms with Crippen molar-refractivity contribution < 1.29 is 9.13 Å². The minimum absolute atomic E-state index is 0.162.